The van der Waals surface area contributed by atoms with Gasteiger partial charge in [-0.1, -0.05) is 11.6 Å². The van der Waals surface area contributed by atoms with Gasteiger partial charge in [0.2, 0.25) is 0 Å². The molecule has 1 aromatic rings. The summed E-state index contributed by atoms with van der Waals surface area (Å²) in [4.78, 5) is 22.2. The number of halogens is 1. The fourth-order valence-corrected chi connectivity index (χ4v) is 2.64. The van der Waals surface area contributed by atoms with Gasteiger partial charge in [-0.15, -0.1) is 0 Å². The second-order valence-electron chi connectivity index (χ2n) is 5.17. The number of carbonyl (C=O) groups excluding carboxylic acids is 1. The maximum atomic E-state index is 12.1. The fourth-order valence-electron chi connectivity index (χ4n) is 2.39. The molecule has 0 bridgehead atoms. The van der Waals surface area contributed by atoms with E-state index in [0.29, 0.717) is 5.56 Å². The zero-order valence-corrected chi connectivity index (χ0v) is 12.4. The molecular formula is C14H17ClN2O4. The smallest absolute Gasteiger partial charge is 0.287 e. The minimum atomic E-state index is -0.579. The molecule has 21 heavy (non-hydrogen) atoms. The lowest BCUT2D eigenvalue weighted by Gasteiger charge is -2.17. The summed E-state index contributed by atoms with van der Waals surface area (Å²) in [5.74, 6) is -0.294. The summed E-state index contributed by atoms with van der Waals surface area (Å²) < 4.78 is 5.52. The first-order valence-corrected chi connectivity index (χ1v) is 7.21. The summed E-state index contributed by atoms with van der Waals surface area (Å²) in [5, 5.41) is 13.5. The summed E-state index contributed by atoms with van der Waals surface area (Å²) in [7, 11) is 0. The van der Waals surface area contributed by atoms with Gasteiger partial charge in [0.15, 0.2) is 0 Å². The average Bonchev–Trinajstić information content (AvgIpc) is 2.90. The topological polar surface area (TPSA) is 81.5 Å². The Morgan fingerprint density at radius 2 is 2.38 bits per heavy atom. The molecule has 7 heteroatoms. The molecular weight excluding hydrogens is 296 g/mol. The van der Waals surface area contributed by atoms with E-state index >= 15 is 0 Å². The second-order valence-corrected chi connectivity index (χ2v) is 5.58. The predicted molar refractivity (Wildman–Crippen MR) is 78.6 cm³/mol. The lowest BCUT2D eigenvalue weighted by molar-refractivity contribution is -0.384. The molecule has 0 saturated carbocycles. The first-order valence-electron chi connectivity index (χ1n) is 6.84. The Bertz CT molecular complexity index is 544. The SMILES string of the molecule is C[C@@H](C[C@@H]1CCCO1)NC(=O)c1ccc([N+](=O)[O-])c(Cl)c1. The van der Waals surface area contributed by atoms with Gasteiger partial charge in [0.05, 0.1) is 11.0 Å². The van der Waals surface area contributed by atoms with Crippen molar-refractivity contribution in [2.45, 2.75) is 38.3 Å². The molecule has 1 fully saturated rings. The Morgan fingerprint density at radius 1 is 1.62 bits per heavy atom. The van der Waals surface area contributed by atoms with Crippen molar-refractivity contribution in [1.82, 2.24) is 5.32 Å². The molecule has 0 aliphatic carbocycles. The van der Waals surface area contributed by atoms with Gasteiger partial charge in [-0.2, -0.15) is 0 Å². The first kappa shape index (κ1) is 15.7. The largest absolute Gasteiger partial charge is 0.378 e. The molecule has 1 heterocycles. The van der Waals surface area contributed by atoms with Crippen LogP contribution in [0.4, 0.5) is 5.69 Å². The highest BCUT2D eigenvalue weighted by atomic mass is 35.5. The lowest BCUT2D eigenvalue weighted by Crippen LogP contribution is -2.35. The number of nitro groups is 1. The fraction of sp³-hybridized carbons (Fsp3) is 0.500. The number of carbonyl (C=O) groups is 1. The van der Waals surface area contributed by atoms with Gasteiger partial charge in [0.1, 0.15) is 5.02 Å². The highest BCUT2D eigenvalue weighted by Gasteiger charge is 2.21. The van der Waals surface area contributed by atoms with Gasteiger partial charge in [0, 0.05) is 24.3 Å². The van der Waals surface area contributed by atoms with Crippen LogP contribution in [0.25, 0.3) is 0 Å². The number of rotatable bonds is 5. The Hall–Kier alpha value is -1.66. The Labute approximate surface area is 127 Å². The van der Waals surface area contributed by atoms with Gasteiger partial charge in [0.25, 0.3) is 11.6 Å². The third-order valence-corrected chi connectivity index (χ3v) is 3.73. The lowest BCUT2D eigenvalue weighted by atomic mass is 10.1. The van der Waals surface area contributed by atoms with Crippen LogP contribution in [0.3, 0.4) is 0 Å². The number of nitrogens with one attached hydrogen (secondary N) is 1. The Morgan fingerprint density at radius 3 is 2.95 bits per heavy atom. The number of hydrogen-bond donors (Lipinski definition) is 1. The summed E-state index contributed by atoms with van der Waals surface area (Å²) in [6, 6.07) is 3.92. The van der Waals surface area contributed by atoms with E-state index in [9.17, 15) is 14.9 Å². The molecule has 1 aliphatic rings. The van der Waals surface area contributed by atoms with Crippen molar-refractivity contribution in [2.24, 2.45) is 0 Å². The molecule has 114 valence electrons. The van der Waals surface area contributed by atoms with E-state index in [1.54, 1.807) is 0 Å². The number of amides is 1. The van der Waals surface area contributed by atoms with Gasteiger partial charge in [-0.25, -0.2) is 0 Å². The monoisotopic (exact) mass is 312 g/mol. The van der Waals surface area contributed by atoms with Crippen LogP contribution in [-0.4, -0.2) is 29.6 Å². The second kappa shape index (κ2) is 6.87. The third kappa shape index (κ3) is 4.15. The van der Waals surface area contributed by atoms with Gasteiger partial charge in [-0.3, -0.25) is 14.9 Å². The van der Waals surface area contributed by atoms with Crippen LogP contribution in [0.15, 0.2) is 18.2 Å². The zero-order valence-electron chi connectivity index (χ0n) is 11.7. The minimum absolute atomic E-state index is 0.0328. The van der Waals surface area contributed by atoms with Crippen LogP contribution in [0, 0.1) is 10.1 Å². The molecule has 1 N–H and O–H groups in total. The summed E-state index contributed by atoms with van der Waals surface area (Å²) in [6.07, 6.45) is 3.03. The molecule has 1 aliphatic heterocycles. The van der Waals surface area contributed by atoms with Crippen LogP contribution in [0.5, 0.6) is 0 Å². The van der Waals surface area contributed by atoms with E-state index in [4.69, 9.17) is 16.3 Å². The molecule has 1 amide bonds. The van der Waals surface area contributed by atoms with E-state index in [0.717, 1.165) is 25.9 Å². The summed E-state index contributed by atoms with van der Waals surface area (Å²) in [6.45, 7) is 2.69. The van der Waals surface area contributed by atoms with Gasteiger partial charge >= 0.3 is 0 Å². The maximum Gasteiger partial charge on any atom is 0.287 e. The van der Waals surface area contributed by atoms with Crippen molar-refractivity contribution >= 4 is 23.2 Å². The van der Waals surface area contributed by atoms with Crippen molar-refractivity contribution < 1.29 is 14.5 Å². The normalized spacial score (nSPS) is 19.2. The van der Waals surface area contributed by atoms with Gasteiger partial charge < -0.3 is 10.1 Å². The number of nitro benzene ring substituents is 1. The van der Waals surface area contributed by atoms with Crippen molar-refractivity contribution in [3.05, 3.63) is 38.9 Å². The average molecular weight is 313 g/mol. The molecule has 6 nitrogen and oxygen atoms in total. The number of nitrogens with zero attached hydrogens (tertiary/aromatic N) is 1. The molecule has 0 radical (unpaired) electrons. The van der Waals surface area contributed by atoms with E-state index in [1.165, 1.54) is 18.2 Å². The van der Waals surface area contributed by atoms with Crippen LogP contribution < -0.4 is 5.32 Å². The number of ether oxygens (including phenoxy) is 1. The quantitative estimate of drug-likeness (QED) is 0.669. The van der Waals surface area contributed by atoms with E-state index in [-0.39, 0.29) is 28.8 Å². The first-order chi connectivity index (χ1) is 9.97. The third-order valence-electron chi connectivity index (χ3n) is 3.42. The van der Waals surface area contributed by atoms with Crippen molar-refractivity contribution in [1.29, 1.82) is 0 Å². The highest BCUT2D eigenvalue weighted by molar-refractivity contribution is 6.33. The zero-order chi connectivity index (χ0) is 15.4. The predicted octanol–water partition coefficient (Wildman–Crippen LogP) is 2.94. The standard InChI is InChI=1S/C14H17ClN2O4/c1-9(7-11-3-2-6-21-11)16-14(18)10-4-5-13(17(19)20)12(15)8-10/h4-5,8-9,11H,2-3,6-7H2,1H3,(H,16,18)/t9-,11-/m0/s1. The summed E-state index contributed by atoms with van der Waals surface area (Å²) >= 11 is 5.80. The van der Waals surface area contributed by atoms with E-state index < -0.39 is 4.92 Å². The molecule has 2 rings (SSSR count). The van der Waals surface area contributed by atoms with Crippen LogP contribution in [-0.2, 0) is 4.74 Å². The molecule has 0 spiro atoms. The molecule has 1 aromatic carbocycles. The van der Waals surface area contributed by atoms with Gasteiger partial charge in [-0.05, 0) is 38.3 Å². The minimum Gasteiger partial charge on any atom is -0.378 e. The molecule has 0 unspecified atom stereocenters. The van der Waals surface area contributed by atoms with E-state index in [2.05, 4.69) is 5.32 Å². The van der Waals surface area contributed by atoms with Crippen LogP contribution >= 0.6 is 11.6 Å². The molecule has 2 atom stereocenters. The molecule has 1 saturated heterocycles. The van der Waals surface area contributed by atoms with Crippen molar-refractivity contribution in [3.8, 4) is 0 Å². The van der Waals surface area contributed by atoms with Crippen LogP contribution in [0.2, 0.25) is 5.02 Å². The van der Waals surface area contributed by atoms with Crippen LogP contribution in [0.1, 0.15) is 36.5 Å². The van der Waals surface area contributed by atoms with E-state index in [1.807, 2.05) is 6.92 Å². The summed E-state index contributed by atoms with van der Waals surface area (Å²) in [5.41, 5.74) is 0.102. The number of benzene rings is 1. The molecule has 0 aromatic heterocycles. The Balaban J connectivity index is 1.96. The number of hydrogen-bond acceptors (Lipinski definition) is 4. The Kier molecular flexibility index (Phi) is 5.14. The highest BCUT2D eigenvalue weighted by Crippen LogP contribution is 2.25. The maximum absolute atomic E-state index is 12.1. The van der Waals surface area contributed by atoms with Crippen molar-refractivity contribution in [2.75, 3.05) is 6.61 Å². The van der Waals surface area contributed by atoms with Crippen molar-refractivity contribution in [3.63, 3.8) is 0 Å².